The van der Waals surface area contributed by atoms with Gasteiger partial charge >= 0.3 is 0 Å². The lowest BCUT2D eigenvalue weighted by Crippen LogP contribution is -2.22. The van der Waals surface area contributed by atoms with Crippen LogP contribution in [-0.4, -0.2) is 12.2 Å². The Bertz CT molecular complexity index is 596. The Kier molecular flexibility index (Phi) is 3.78. The molecule has 2 aromatic carbocycles. The van der Waals surface area contributed by atoms with Crippen LogP contribution in [0.4, 0.5) is 4.39 Å². The van der Waals surface area contributed by atoms with Gasteiger partial charge < -0.3 is 9.84 Å². The van der Waals surface area contributed by atoms with Crippen LogP contribution < -0.4 is 4.74 Å². The third kappa shape index (κ3) is 2.72. The van der Waals surface area contributed by atoms with E-state index in [0.29, 0.717) is 16.1 Å². The first-order valence-corrected chi connectivity index (χ1v) is 6.15. The standard InChI is InChI=1S/C15H14ClFO2/c1-15(18,10-4-3-5-12(16)8-10)11-6-7-14(19-2)13(17)9-11/h3-9,18H,1-2H3. The largest absolute Gasteiger partial charge is 0.494 e. The summed E-state index contributed by atoms with van der Waals surface area (Å²) in [5.41, 5.74) is -0.282. The minimum absolute atomic E-state index is 0.144. The molecule has 0 bridgehead atoms. The Morgan fingerprint density at radius 2 is 1.84 bits per heavy atom. The van der Waals surface area contributed by atoms with Gasteiger partial charge in [-0.3, -0.25) is 0 Å². The number of rotatable bonds is 3. The fourth-order valence-corrected chi connectivity index (χ4v) is 2.12. The molecule has 0 saturated heterocycles. The molecule has 2 nitrogen and oxygen atoms in total. The van der Waals surface area contributed by atoms with Crippen molar-refractivity contribution in [3.05, 3.63) is 64.4 Å². The van der Waals surface area contributed by atoms with E-state index in [9.17, 15) is 9.50 Å². The van der Waals surface area contributed by atoms with Crippen molar-refractivity contribution in [2.24, 2.45) is 0 Å². The van der Waals surface area contributed by atoms with E-state index in [-0.39, 0.29) is 5.75 Å². The quantitative estimate of drug-likeness (QED) is 0.928. The van der Waals surface area contributed by atoms with Gasteiger partial charge in [-0.05, 0) is 42.3 Å². The van der Waals surface area contributed by atoms with Gasteiger partial charge in [-0.15, -0.1) is 0 Å². The van der Waals surface area contributed by atoms with Gasteiger partial charge in [-0.25, -0.2) is 4.39 Å². The third-order valence-corrected chi connectivity index (χ3v) is 3.34. The Morgan fingerprint density at radius 3 is 2.42 bits per heavy atom. The van der Waals surface area contributed by atoms with Crippen molar-refractivity contribution in [3.63, 3.8) is 0 Å². The molecule has 0 radical (unpaired) electrons. The lowest BCUT2D eigenvalue weighted by atomic mass is 9.88. The highest BCUT2D eigenvalue weighted by molar-refractivity contribution is 6.30. The minimum atomic E-state index is -1.32. The summed E-state index contributed by atoms with van der Waals surface area (Å²) in [7, 11) is 1.40. The van der Waals surface area contributed by atoms with Gasteiger partial charge in [0.25, 0.3) is 0 Å². The molecule has 0 fully saturated rings. The molecule has 1 N–H and O–H groups in total. The van der Waals surface area contributed by atoms with Gasteiger partial charge in [0.1, 0.15) is 5.60 Å². The molecular formula is C15H14ClFO2. The second kappa shape index (κ2) is 5.19. The fraction of sp³-hybridized carbons (Fsp3) is 0.200. The SMILES string of the molecule is COc1ccc(C(C)(O)c2cccc(Cl)c2)cc1F. The zero-order chi connectivity index (χ0) is 14.0. The van der Waals surface area contributed by atoms with Crippen LogP contribution >= 0.6 is 11.6 Å². The van der Waals surface area contributed by atoms with E-state index >= 15 is 0 Å². The summed E-state index contributed by atoms with van der Waals surface area (Å²) in [5.74, 6) is -0.368. The van der Waals surface area contributed by atoms with Crippen molar-refractivity contribution in [3.8, 4) is 5.75 Å². The maximum atomic E-state index is 13.7. The zero-order valence-electron chi connectivity index (χ0n) is 10.7. The Labute approximate surface area is 116 Å². The van der Waals surface area contributed by atoms with E-state index in [4.69, 9.17) is 16.3 Å². The Morgan fingerprint density at radius 1 is 1.16 bits per heavy atom. The lowest BCUT2D eigenvalue weighted by molar-refractivity contribution is 0.102. The average Bonchev–Trinajstić information content (AvgIpc) is 2.38. The van der Waals surface area contributed by atoms with Gasteiger partial charge in [0.05, 0.1) is 7.11 Å². The summed E-state index contributed by atoms with van der Waals surface area (Å²) in [4.78, 5) is 0. The van der Waals surface area contributed by atoms with Crippen LogP contribution in [0.5, 0.6) is 5.75 Å². The maximum absolute atomic E-state index is 13.7. The first-order valence-electron chi connectivity index (χ1n) is 5.77. The summed E-state index contributed by atoms with van der Waals surface area (Å²) in [6.07, 6.45) is 0. The van der Waals surface area contributed by atoms with E-state index in [2.05, 4.69) is 0 Å². The van der Waals surface area contributed by atoms with E-state index in [1.165, 1.54) is 19.2 Å². The molecule has 0 aliphatic heterocycles. The molecule has 0 aliphatic rings. The number of methoxy groups -OCH3 is 1. The van der Waals surface area contributed by atoms with Crippen molar-refractivity contribution in [1.29, 1.82) is 0 Å². The molecule has 100 valence electrons. The van der Waals surface area contributed by atoms with Gasteiger partial charge in [0.15, 0.2) is 11.6 Å². The van der Waals surface area contributed by atoms with Gasteiger partial charge in [0.2, 0.25) is 0 Å². The molecule has 0 saturated carbocycles. The van der Waals surface area contributed by atoms with Crippen molar-refractivity contribution in [1.82, 2.24) is 0 Å². The summed E-state index contributed by atoms with van der Waals surface area (Å²) in [6.45, 7) is 1.60. The van der Waals surface area contributed by atoms with Crippen LogP contribution in [0.3, 0.4) is 0 Å². The van der Waals surface area contributed by atoms with Gasteiger partial charge in [0, 0.05) is 5.02 Å². The minimum Gasteiger partial charge on any atom is -0.494 e. The predicted molar refractivity (Wildman–Crippen MR) is 73.1 cm³/mol. The maximum Gasteiger partial charge on any atom is 0.165 e. The Balaban J connectivity index is 2.47. The highest BCUT2D eigenvalue weighted by atomic mass is 35.5. The lowest BCUT2D eigenvalue weighted by Gasteiger charge is -2.25. The molecule has 0 spiro atoms. The molecule has 4 heteroatoms. The first kappa shape index (κ1) is 13.8. The molecule has 0 amide bonds. The third-order valence-electron chi connectivity index (χ3n) is 3.10. The highest BCUT2D eigenvalue weighted by Gasteiger charge is 2.26. The molecule has 2 rings (SSSR count). The summed E-state index contributed by atoms with van der Waals surface area (Å²) < 4.78 is 18.6. The monoisotopic (exact) mass is 280 g/mol. The number of halogens is 2. The van der Waals surface area contributed by atoms with Crippen molar-refractivity contribution >= 4 is 11.6 Å². The summed E-state index contributed by atoms with van der Waals surface area (Å²) >= 11 is 5.91. The molecule has 1 unspecified atom stereocenters. The summed E-state index contributed by atoms with van der Waals surface area (Å²) in [5, 5.41) is 11.1. The molecular weight excluding hydrogens is 267 g/mol. The van der Waals surface area contributed by atoms with Crippen LogP contribution in [-0.2, 0) is 5.60 Å². The van der Waals surface area contributed by atoms with Crippen LogP contribution in [0.1, 0.15) is 18.1 Å². The van der Waals surface area contributed by atoms with Gasteiger partial charge in [-0.2, -0.15) is 0 Å². The fourth-order valence-electron chi connectivity index (χ4n) is 1.93. The average molecular weight is 281 g/mol. The first-order chi connectivity index (χ1) is 8.95. The molecule has 19 heavy (non-hydrogen) atoms. The molecule has 0 aliphatic carbocycles. The van der Waals surface area contributed by atoms with E-state index < -0.39 is 11.4 Å². The number of benzene rings is 2. The van der Waals surface area contributed by atoms with Gasteiger partial charge in [-0.1, -0.05) is 29.8 Å². The number of aliphatic hydroxyl groups is 1. The molecule has 1 atom stereocenters. The van der Waals surface area contributed by atoms with Crippen molar-refractivity contribution in [2.75, 3.05) is 7.11 Å². The number of hydrogen-bond acceptors (Lipinski definition) is 2. The van der Waals surface area contributed by atoms with E-state index in [1.807, 2.05) is 0 Å². The number of ether oxygens (including phenoxy) is 1. The topological polar surface area (TPSA) is 29.5 Å². The normalized spacial score (nSPS) is 13.9. The summed E-state index contributed by atoms with van der Waals surface area (Å²) in [6, 6.07) is 11.2. The van der Waals surface area contributed by atoms with Crippen molar-refractivity contribution in [2.45, 2.75) is 12.5 Å². The molecule has 2 aromatic rings. The van der Waals surface area contributed by atoms with Crippen LogP contribution in [0.2, 0.25) is 5.02 Å². The highest BCUT2D eigenvalue weighted by Crippen LogP contribution is 2.32. The van der Waals surface area contributed by atoms with Crippen LogP contribution in [0, 0.1) is 5.82 Å². The van der Waals surface area contributed by atoms with E-state index in [0.717, 1.165) is 0 Å². The van der Waals surface area contributed by atoms with Crippen LogP contribution in [0.25, 0.3) is 0 Å². The van der Waals surface area contributed by atoms with Crippen LogP contribution in [0.15, 0.2) is 42.5 Å². The Hall–Kier alpha value is -1.58. The number of hydrogen-bond donors (Lipinski definition) is 1. The second-order valence-corrected chi connectivity index (χ2v) is 4.87. The van der Waals surface area contributed by atoms with E-state index in [1.54, 1.807) is 37.3 Å². The second-order valence-electron chi connectivity index (χ2n) is 4.43. The molecule has 0 aromatic heterocycles. The smallest absolute Gasteiger partial charge is 0.165 e. The predicted octanol–water partition coefficient (Wildman–Crippen LogP) is 3.74. The zero-order valence-corrected chi connectivity index (χ0v) is 11.4. The van der Waals surface area contributed by atoms with Crippen molar-refractivity contribution < 1.29 is 14.2 Å². The molecule has 0 heterocycles.